The summed E-state index contributed by atoms with van der Waals surface area (Å²) in [5.41, 5.74) is 1.80. The Bertz CT molecular complexity index is 737. The summed E-state index contributed by atoms with van der Waals surface area (Å²) in [6.07, 6.45) is 2.35. The number of hydrogen-bond donors (Lipinski definition) is 0. The van der Waals surface area contributed by atoms with Gasteiger partial charge in [-0.25, -0.2) is 8.42 Å². The molecule has 7 heteroatoms. The zero-order valence-corrected chi connectivity index (χ0v) is 15.7. The van der Waals surface area contributed by atoms with E-state index < -0.39 is 10.0 Å². The molecule has 1 aromatic carbocycles. The van der Waals surface area contributed by atoms with Crippen LogP contribution in [0.15, 0.2) is 23.1 Å². The molecule has 0 saturated carbocycles. The van der Waals surface area contributed by atoms with Gasteiger partial charge in [-0.15, -0.1) is 0 Å². The van der Waals surface area contributed by atoms with Crippen molar-refractivity contribution < 1.29 is 17.9 Å². The summed E-state index contributed by atoms with van der Waals surface area (Å²) in [4.78, 5) is 14.8. The van der Waals surface area contributed by atoms with Crippen LogP contribution in [0.3, 0.4) is 0 Å². The number of carbonyl (C=O) groups is 1. The second kappa shape index (κ2) is 7.43. The van der Waals surface area contributed by atoms with Gasteiger partial charge in [0.15, 0.2) is 0 Å². The SMILES string of the molecule is CCC(CC)C(=O)N1CCc2cc(S(=O)(=O)N3CCOCC3)ccc21. The number of fused-ring (bicyclic) bond motifs is 1. The Labute approximate surface area is 149 Å². The Morgan fingerprint density at radius 2 is 1.84 bits per heavy atom. The summed E-state index contributed by atoms with van der Waals surface area (Å²) >= 11 is 0. The third-order valence-electron chi connectivity index (χ3n) is 5.16. The number of benzene rings is 1. The smallest absolute Gasteiger partial charge is 0.243 e. The van der Waals surface area contributed by atoms with Gasteiger partial charge in [-0.2, -0.15) is 4.31 Å². The topological polar surface area (TPSA) is 66.9 Å². The van der Waals surface area contributed by atoms with Crippen molar-refractivity contribution in [1.29, 1.82) is 0 Å². The highest BCUT2D eigenvalue weighted by Gasteiger charge is 2.31. The highest BCUT2D eigenvalue weighted by Crippen LogP contribution is 2.33. The van der Waals surface area contributed by atoms with Crippen molar-refractivity contribution in [3.8, 4) is 0 Å². The fourth-order valence-corrected chi connectivity index (χ4v) is 5.02. The van der Waals surface area contributed by atoms with Crippen molar-refractivity contribution in [3.05, 3.63) is 23.8 Å². The lowest BCUT2D eigenvalue weighted by Crippen LogP contribution is -2.40. The maximum absolute atomic E-state index is 12.8. The average Bonchev–Trinajstić information content (AvgIpc) is 3.06. The van der Waals surface area contributed by atoms with Crippen LogP contribution in [0.4, 0.5) is 5.69 Å². The maximum atomic E-state index is 12.8. The van der Waals surface area contributed by atoms with Gasteiger partial charge in [-0.3, -0.25) is 4.79 Å². The molecular weight excluding hydrogens is 340 g/mol. The summed E-state index contributed by atoms with van der Waals surface area (Å²) in [6.45, 7) is 6.33. The average molecular weight is 366 g/mol. The molecule has 0 aromatic heterocycles. The maximum Gasteiger partial charge on any atom is 0.243 e. The van der Waals surface area contributed by atoms with E-state index in [9.17, 15) is 13.2 Å². The Hall–Kier alpha value is -1.44. The first-order valence-corrected chi connectivity index (χ1v) is 10.4. The molecule has 0 bridgehead atoms. The van der Waals surface area contributed by atoms with Crippen LogP contribution < -0.4 is 4.90 Å². The molecule has 1 fully saturated rings. The van der Waals surface area contributed by atoms with Crippen molar-refractivity contribution in [3.63, 3.8) is 0 Å². The van der Waals surface area contributed by atoms with Crippen LogP contribution in [-0.4, -0.2) is 51.5 Å². The van der Waals surface area contributed by atoms with Crippen LogP contribution in [0.1, 0.15) is 32.3 Å². The van der Waals surface area contributed by atoms with Crippen molar-refractivity contribution in [2.75, 3.05) is 37.7 Å². The van der Waals surface area contributed by atoms with Crippen molar-refractivity contribution in [2.24, 2.45) is 5.92 Å². The predicted octanol–water partition coefficient (Wildman–Crippen LogP) is 2.03. The molecule has 0 N–H and O–H groups in total. The molecule has 0 aliphatic carbocycles. The number of amides is 1. The Morgan fingerprint density at radius 3 is 2.48 bits per heavy atom. The summed E-state index contributed by atoms with van der Waals surface area (Å²) in [7, 11) is -3.50. The lowest BCUT2D eigenvalue weighted by atomic mass is 10.0. The molecule has 138 valence electrons. The fourth-order valence-electron chi connectivity index (χ4n) is 3.56. The first-order chi connectivity index (χ1) is 12.0. The summed E-state index contributed by atoms with van der Waals surface area (Å²) in [6, 6.07) is 5.15. The zero-order chi connectivity index (χ0) is 18.0. The van der Waals surface area contributed by atoms with E-state index in [4.69, 9.17) is 4.74 Å². The molecule has 0 atom stereocenters. The number of ether oxygens (including phenoxy) is 1. The van der Waals surface area contributed by atoms with E-state index >= 15 is 0 Å². The molecule has 2 heterocycles. The minimum atomic E-state index is -3.50. The second-order valence-corrected chi connectivity index (χ2v) is 8.50. The second-order valence-electron chi connectivity index (χ2n) is 6.56. The van der Waals surface area contributed by atoms with Crippen molar-refractivity contribution in [1.82, 2.24) is 4.31 Å². The van der Waals surface area contributed by atoms with Gasteiger partial charge in [0.25, 0.3) is 0 Å². The van der Waals surface area contributed by atoms with Gasteiger partial charge in [0.2, 0.25) is 15.9 Å². The number of nitrogens with zero attached hydrogens (tertiary/aromatic N) is 2. The molecule has 0 spiro atoms. The molecule has 2 aliphatic rings. The lowest BCUT2D eigenvalue weighted by molar-refractivity contribution is -0.122. The lowest BCUT2D eigenvalue weighted by Gasteiger charge is -2.26. The van der Waals surface area contributed by atoms with E-state index in [0.29, 0.717) is 44.2 Å². The molecular formula is C18H26N2O4S. The molecule has 1 aromatic rings. The largest absolute Gasteiger partial charge is 0.379 e. The molecule has 2 aliphatic heterocycles. The number of carbonyl (C=O) groups excluding carboxylic acids is 1. The van der Waals surface area contributed by atoms with Gasteiger partial charge in [0.1, 0.15) is 0 Å². The Morgan fingerprint density at radius 1 is 1.16 bits per heavy atom. The van der Waals surface area contributed by atoms with E-state index in [1.54, 1.807) is 18.2 Å². The van der Waals surface area contributed by atoms with Gasteiger partial charge >= 0.3 is 0 Å². The van der Waals surface area contributed by atoms with Crippen LogP contribution in [-0.2, 0) is 26.0 Å². The predicted molar refractivity (Wildman–Crippen MR) is 96.1 cm³/mol. The van der Waals surface area contributed by atoms with E-state index in [0.717, 1.165) is 24.1 Å². The minimum absolute atomic E-state index is 0.0303. The standard InChI is InChI=1S/C18H26N2O4S/c1-3-14(4-2)18(21)20-8-7-15-13-16(5-6-17(15)20)25(22,23)19-9-11-24-12-10-19/h5-6,13-14H,3-4,7-12H2,1-2H3. The Balaban J connectivity index is 1.85. The van der Waals surface area contributed by atoms with Crippen molar-refractivity contribution >= 4 is 21.6 Å². The molecule has 0 unspecified atom stereocenters. The van der Waals surface area contributed by atoms with Crippen LogP contribution in [0, 0.1) is 5.92 Å². The van der Waals surface area contributed by atoms with Crippen LogP contribution in [0.2, 0.25) is 0 Å². The molecule has 25 heavy (non-hydrogen) atoms. The van der Waals surface area contributed by atoms with E-state index in [2.05, 4.69) is 0 Å². The molecule has 1 saturated heterocycles. The van der Waals surface area contributed by atoms with Gasteiger partial charge in [0, 0.05) is 31.2 Å². The van der Waals surface area contributed by atoms with Crippen LogP contribution in [0.5, 0.6) is 0 Å². The third kappa shape index (κ3) is 3.45. The first kappa shape index (κ1) is 18.4. The van der Waals surface area contributed by atoms with E-state index in [-0.39, 0.29) is 11.8 Å². The summed E-state index contributed by atoms with van der Waals surface area (Å²) < 4.78 is 32.3. The normalized spacial score (nSPS) is 18.6. The van der Waals surface area contributed by atoms with Crippen molar-refractivity contribution in [2.45, 2.75) is 38.0 Å². The van der Waals surface area contributed by atoms with Gasteiger partial charge in [0.05, 0.1) is 18.1 Å². The number of hydrogen-bond acceptors (Lipinski definition) is 4. The molecule has 1 amide bonds. The highest BCUT2D eigenvalue weighted by molar-refractivity contribution is 7.89. The van der Waals surface area contributed by atoms with E-state index in [1.165, 1.54) is 4.31 Å². The summed E-state index contributed by atoms with van der Waals surface area (Å²) in [5, 5.41) is 0. The zero-order valence-electron chi connectivity index (χ0n) is 14.9. The van der Waals surface area contributed by atoms with Crippen LogP contribution >= 0.6 is 0 Å². The van der Waals surface area contributed by atoms with E-state index in [1.807, 2.05) is 18.7 Å². The first-order valence-electron chi connectivity index (χ1n) is 9.01. The van der Waals surface area contributed by atoms with Gasteiger partial charge in [-0.1, -0.05) is 13.8 Å². The third-order valence-corrected chi connectivity index (χ3v) is 7.05. The fraction of sp³-hybridized carbons (Fsp3) is 0.611. The van der Waals surface area contributed by atoms with Gasteiger partial charge in [-0.05, 0) is 43.0 Å². The van der Waals surface area contributed by atoms with Gasteiger partial charge < -0.3 is 9.64 Å². The van der Waals surface area contributed by atoms with Crippen LogP contribution in [0.25, 0.3) is 0 Å². The quantitative estimate of drug-likeness (QED) is 0.800. The number of rotatable bonds is 5. The number of sulfonamides is 1. The highest BCUT2D eigenvalue weighted by atomic mass is 32.2. The number of morpholine rings is 1. The minimum Gasteiger partial charge on any atom is -0.379 e. The monoisotopic (exact) mass is 366 g/mol. The molecule has 6 nitrogen and oxygen atoms in total. The summed E-state index contributed by atoms with van der Waals surface area (Å²) in [5.74, 6) is 0.176. The number of anilines is 1. The molecule has 3 rings (SSSR count). The molecule has 0 radical (unpaired) electrons. The Kier molecular flexibility index (Phi) is 5.46.